The molecule has 0 spiro atoms. The molecule has 1 atom stereocenters. The summed E-state index contributed by atoms with van der Waals surface area (Å²) in [6, 6.07) is -0.288. The van der Waals surface area contributed by atoms with Gasteiger partial charge in [-0.3, -0.25) is 14.5 Å². The van der Waals surface area contributed by atoms with Crippen LogP contribution in [-0.4, -0.2) is 77.5 Å². The van der Waals surface area contributed by atoms with Crippen LogP contribution in [0.4, 0.5) is 4.79 Å². The molecule has 2 aliphatic rings. The topological polar surface area (TPSA) is 81.2 Å². The maximum Gasteiger partial charge on any atom is 0.326 e. The summed E-state index contributed by atoms with van der Waals surface area (Å²) in [7, 11) is 1.59. The maximum absolute atomic E-state index is 12.0. The molecule has 7 heteroatoms. The Labute approximate surface area is 118 Å². The second-order valence-corrected chi connectivity index (χ2v) is 5.46. The zero-order valence-electron chi connectivity index (χ0n) is 11.7. The Morgan fingerprint density at radius 1 is 1.40 bits per heavy atom. The molecule has 2 saturated heterocycles. The number of aliphatic hydroxyl groups is 1. The molecule has 7 nitrogen and oxygen atoms in total. The zero-order valence-corrected chi connectivity index (χ0v) is 11.7. The highest BCUT2D eigenvalue weighted by molar-refractivity contribution is 6.01. The maximum atomic E-state index is 12.0. The molecule has 112 valence electrons. The van der Waals surface area contributed by atoms with E-state index in [0.29, 0.717) is 32.5 Å². The van der Waals surface area contributed by atoms with Gasteiger partial charge in [0, 0.05) is 45.6 Å². The van der Waals surface area contributed by atoms with Crippen LogP contribution in [0.2, 0.25) is 0 Å². The lowest BCUT2D eigenvalue weighted by Gasteiger charge is -2.17. The van der Waals surface area contributed by atoms with Crippen LogP contribution in [0.25, 0.3) is 0 Å². The summed E-state index contributed by atoms with van der Waals surface area (Å²) in [5.74, 6) is 0.0224. The minimum atomic E-state index is -0.288. The summed E-state index contributed by atoms with van der Waals surface area (Å²) >= 11 is 0. The molecule has 0 bridgehead atoms. The van der Waals surface area contributed by atoms with Crippen LogP contribution in [0, 0.1) is 5.92 Å². The van der Waals surface area contributed by atoms with Gasteiger partial charge in [-0.25, -0.2) is 4.79 Å². The highest BCUT2D eigenvalue weighted by Gasteiger charge is 2.33. The first-order valence-electron chi connectivity index (χ1n) is 6.97. The zero-order chi connectivity index (χ0) is 14.7. The van der Waals surface area contributed by atoms with Gasteiger partial charge in [-0.05, 0) is 12.8 Å². The van der Waals surface area contributed by atoms with Crippen molar-refractivity contribution in [3.63, 3.8) is 0 Å². The number of aliphatic hydroxyl groups excluding tert-OH is 1. The predicted molar refractivity (Wildman–Crippen MR) is 70.7 cm³/mol. The fourth-order valence-electron chi connectivity index (χ4n) is 2.64. The molecule has 2 rings (SSSR count). The summed E-state index contributed by atoms with van der Waals surface area (Å²) in [5.41, 5.74) is 0. The molecule has 2 aliphatic heterocycles. The van der Waals surface area contributed by atoms with Crippen LogP contribution in [0.1, 0.15) is 19.3 Å². The average Bonchev–Trinajstić information content (AvgIpc) is 2.99. The third-order valence-electron chi connectivity index (χ3n) is 3.90. The molecule has 0 saturated carbocycles. The van der Waals surface area contributed by atoms with E-state index in [2.05, 4.69) is 0 Å². The van der Waals surface area contributed by atoms with Crippen molar-refractivity contribution in [3.8, 4) is 0 Å². The third-order valence-corrected chi connectivity index (χ3v) is 3.90. The third kappa shape index (κ3) is 3.09. The summed E-state index contributed by atoms with van der Waals surface area (Å²) in [6.07, 6.45) is 1.67. The van der Waals surface area contributed by atoms with Gasteiger partial charge in [0.1, 0.15) is 6.54 Å². The largest absolute Gasteiger partial charge is 0.396 e. The standard InChI is InChI=1S/C13H21N3O4/c1-14-8-12(19)16(13(14)20)5-2-3-11(18)15-6-4-10(7-15)9-17/h10,17H,2-9H2,1H3. The Hall–Kier alpha value is -1.63. The van der Waals surface area contributed by atoms with Gasteiger partial charge in [0.2, 0.25) is 11.8 Å². The van der Waals surface area contributed by atoms with Crippen molar-refractivity contribution >= 4 is 17.8 Å². The predicted octanol–water partition coefficient (Wildman–Crippen LogP) is -0.499. The lowest BCUT2D eigenvalue weighted by atomic mass is 10.1. The second-order valence-electron chi connectivity index (χ2n) is 5.46. The van der Waals surface area contributed by atoms with Crippen LogP contribution in [0.15, 0.2) is 0 Å². The number of urea groups is 1. The van der Waals surface area contributed by atoms with Crippen molar-refractivity contribution in [2.24, 2.45) is 5.92 Å². The lowest BCUT2D eigenvalue weighted by Crippen LogP contribution is -2.34. The smallest absolute Gasteiger partial charge is 0.326 e. The van der Waals surface area contributed by atoms with E-state index in [4.69, 9.17) is 5.11 Å². The number of rotatable bonds is 5. The van der Waals surface area contributed by atoms with Crippen molar-refractivity contribution in [2.45, 2.75) is 19.3 Å². The molecule has 0 aromatic heterocycles. The lowest BCUT2D eigenvalue weighted by molar-refractivity contribution is -0.131. The highest BCUT2D eigenvalue weighted by atomic mass is 16.3. The van der Waals surface area contributed by atoms with Gasteiger partial charge >= 0.3 is 6.03 Å². The van der Waals surface area contributed by atoms with E-state index in [1.54, 1.807) is 11.9 Å². The molecule has 0 aromatic carbocycles. The Kier molecular flexibility index (Phi) is 4.59. The number of amides is 4. The first-order valence-corrected chi connectivity index (χ1v) is 6.97. The van der Waals surface area contributed by atoms with Gasteiger partial charge in [-0.2, -0.15) is 0 Å². The molecule has 2 heterocycles. The highest BCUT2D eigenvalue weighted by Crippen LogP contribution is 2.17. The first kappa shape index (κ1) is 14.8. The number of carbonyl (C=O) groups excluding carboxylic acids is 3. The van der Waals surface area contributed by atoms with E-state index in [-0.39, 0.29) is 36.9 Å². The van der Waals surface area contributed by atoms with Gasteiger partial charge in [0.15, 0.2) is 0 Å². The number of carbonyl (C=O) groups is 3. The van der Waals surface area contributed by atoms with E-state index >= 15 is 0 Å². The number of nitrogens with zero attached hydrogens (tertiary/aromatic N) is 3. The van der Waals surface area contributed by atoms with E-state index in [0.717, 1.165) is 6.42 Å². The number of hydrogen-bond donors (Lipinski definition) is 1. The first-order chi connectivity index (χ1) is 9.52. The summed E-state index contributed by atoms with van der Waals surface area (Å²) < 4.78 is 0. The van der Waals surface area contributed by atoms with Crippen LogP contribution < -0.4 is 0 Å². The van der Waals surface area contributed by atoms with Crippen molar-refractivity contribution in [1.29, 1.82) is 0 Å². The van der Waals surface area contributed by atoms with Gasteiger partial charge < -0.3 is 14.9 Å². The van der Waals surface area contributed by atoms with Crippen LogP contribution in [0.5, 0.6) is 0 Å². The van der Waals surface area contributed by atoms with Crippen molar-refractivity contribution < 1.29 is 19.5 Å². The summed E-state index contributed by atoms with van der Waals surface area (Å²) in [5, 5.41) is 9.04. The van der Waals surface area contributed by atoms with E-state index in [1.165, 1.54) is 9.80 Å². The molecule has 2 fully saturated rings. The average molecular weight is 283 g/mol. The van der Waals surface area contributed by atoms with Gasteiger partial charge in [0.25, 0.3) is 0 Å². The Morgan fingerprint density at radius 2 is 2.15 bits per heavy atom. The van der Waals surface area contributed by atoms with Gasteiger partial charge in [-0.15, -0.1) is 0 Å². The summed E-state index contributed by atoms with van der Waals surface area (Å²) in [4.78, 5) is 39.5. The molecule has 0 aliphatic carbocycles. The summed E-state index contributed by atoms with van der Waals surface area (Å²) in [6.45, 7) is 1.84. The Morgan fingerprint density at radius 3 is 2.70 bits per heavy atom. The molecular weight excluding hydrogens is 262 g/mol. The minimum Gasteiger partial charge on any atom is -0.396 e. The normalized spacial score (nSPS) is 23.1. The number of imide groups is 1. The van der Waals surface area contributed by atoms with Crippen LogP contribution in [-0.2, 0) is 9.59 Å². The number of hydrogen-bond acceptors (Lipinski definition) is 4. The second kappa shape index (κ2) is 6.21. The van der Waals surface area contributed by atoms with E-state index in [1.807, 2.05) is 0 Å². The number of likely N-dealkylation sites (N-methyl/N-ethyl adjacent to an activating group) is 1. The fourth-order valence-corrected chi connectivity index (χ4v) is 2.64. The van der Waals surface area contributed by atoms with Crippen molar-refractivity contribution in [2.75, 3.05) is 39.8 Å². The van der Waals surface area contributed by atoms with Crippen molar-refractivity contribution in [3.05, 3.63) is 0 Å². The molecule has 1 N–H and O–H groups in total. The quantitative estimate of drug-likeness (QED) is 0.690. The Balaban J connectivity index is 1.72. The Bertz CT molecular complexity index is 412. The number of likely N-dealkylation sites (tertiary alicyclic amines) is 1. The molecule has 0 radical (unpaired) electrons. The molecule has 4 amide bonds. The molecule has 1 unspecified atom stereocenters. The molecule has 20 heavy (non-hydrogen) atoms. The van der Waals surface area contributed by atoms with E-state index < -0.39 is 0 Å². The minimum absolute atomic E-state index is 0.0356. The van der Waals surface area contributed by atoms with Crippen molar-refractivity contribution in [1.82, 2.24) is 14.7 Å². The van der Waals surface area contributed by atoms with Gasteiger partial charge in [0.05, 0.1) is 0 Å². The molecule has 0 aromatic rings. The monoisotopic (exact) mass is 283 g/mol. The van der Waals surface area contributed by atoms with E-state index in [9.17, 15) is 14.4 Å². The fraction of sp³-hybridized carbons (Fsp3) is 0.769. The van der Waals surface area contributed by atoms with Crippen LogP contribution in [0.3, 0.4) is 0 Å². The van der Waals surface area contributed by atoms with Crippen LogP contribution >= 0.6 is 0 Å². The SMILES string of the molecule is CN1CC(=O)N(CCCC(=O)N2CCC(CO)C2)C1=O. The molecular formula is C13H21N3O4. The van der Waals surface area contributed by atoms with Gasteiger partial charge in [-0.1, -0.05) is 0 Å².